The summed E-state index contributed by atoms with van der Waals surface area (Å²) in [5.41, 5.74) is 1.29. The Balaban J connectivity index is 1.88. The number of aromatic nitrogens is 2. The lowest BCUT2D eigenvalue weighted by molar-refractivity contribution is -0.141. The molecule has 1 amide bonds. The number of carbonyl (C=O) groups is 2. The maximum atomic E-state index is 13.1. The molecule has 29 heavy (non-hydrogen) atoms. The third-order valence-corrected chi connectivity index (χ3v) is 4.73. The van der Waals surface area contributed by atoms with Crippen LogP contribution in [0.4, 0.5) is 0 Å². The summed E-state index contributed by atoms with van der Waals surface area (Å²) in [7, 11) is 2.90. The van der Waals surface area contributed by atoms with Gasteiger partial charge >= 0.3 is 5.97 Å². The molecule has 7 heteroatoms. The number of carbonyl (C=O) groups excluding carboxylic acids is 2. The second-order valence-corrected chi connectivity index (χ2v) is 6.72. The molecule has 0 aliphatic carbocycles. The van der Waals surface area contributed by atoms with Crippen molar-refractivity contribution in [3.8, 4) is 0 Å². The lowest BCUT2D eigenvalue weighted by atomic mass is 10.1. The Bertz CT molecular complexity index is 1080. The van der Waals surface area contributed by atoms with Crippen LogP contribution < -0.4 is 5.56 Å². The van der Waals surface area contributed by atoms with Gasteiger partial charge < -0.3 is 9.64 Å². The number of amides is 1. The van der Waals surface area contributed by atoms with Crippen molar-refractivity contribution in [1.29, 1.82) is 0 Å². The molecule has 0 N–H and O–H groups in total. The molecule has 0 aliphatic rings. The van der Waals surface area contributed by atoms with E-state index < -0.39 is 0 Å². The topological polar surface area (TPSA) is 81.5 Å². The molecular formula is C22H23N3O4. The van der Waals surface area contributed by atoms with Gasteiger partial charge in [-0.05, 0) is 11.6 Å². The Labute approximate surface area is 168 Å². The average Bonchev–Trinajstić information content (AvgIpc) is 2.75. The van der Waals surface area contributed by atoms with Crippen molar-refractivity contribution in [2.75, 3.05) is 13.7 Å². The fourth-order valence-electron chi connectivity index (χ4n) is 3.19. The highest BCUT2D eigenvalue weighted by Gasteiger charge is 2.19. The lowest BCUT2D eigenvalue weighted by Crippen LogP contribution is -2.34. The molecule has 2 aromatic carbocycles. The Morgan fingerprint density at radius 1 is 1.03 bits per heavy atom. The van der Waals surface area contributed by atoms with Gasteiger partial charge in [-0.15, -0.1) is 0 Å². The number of hydrogen-bond acceptors (Lipinski definition) is 5. The first-order valence-electron chi connectivity index (χ1n) is 9.33. The van der Waals surface area contributed by atoms with Gasteiger partial charge in [0.05, 0.1) is 31.0 Å². The van der Waals surface area contributed by atoms with Crippen LogP contribution in [0.1, 0.15) is 17.7 Å². The molecule has 0 unspecified atom stereocenters. The van der Waals surface area contributed by atoms with E-state index in [0.717, 1.165) is 5.56 Å². The molecule has 150 valence electrons. The molecule has 0 radical (unpaired) electrons. The van der Waals surface area contributed by atoms with Crippen LogP contribution in [-0.2, 0) is 34.3 Å². The van der Waals surface area contributed by atoms with E-state index in [1.54, 1.807) is 30.1 Å². The van der Waals surface area contributed by atoms with Crippen LogP contribution >= 0.6 is 0 Å². The minimum absolute atomic E-state index is 0.0304. The maximum absolute atomic E-state index is 13.1. The first-order valence-corrected chi connectivity index (χ1v) is 9.33. The van der Waals surface area contributed by atoms with Crippen LogP contribution in [0, 0.1) is 0 Å². The van der Waals surface area contributed by atoms with Crippen LogP contribution in [0.15, 0.2) is 59.4 Å². The number of benzene rings is 2. The second kappa shape index (κ2) is 9.14. The first kappa shape index (κ1) is 20.3. The molecule has 0 fully saturated rings. The van der Waals surface area contributed by atoms with Gasteiger partial charge in [-0.2, -0.15) is 5.10 Å². The van der Waals surface area contributed by atoms with E-state index in [-0.39, 0.29) is 36.8 Å². The molecule has 1 heterocycles. The van der Waals surface area contributed by atoms with Gasteiger partial charge in [0.25, 0.3) is 5.56 Å². The molecule has 1 aromatic heterocycles. The van der Waals surface area contributed by atoms with Crippen molar-refractivity contribution in [2.24, 2.45) is 7.05 Å². The normalized spacial score (nSPS) is 10.7. The zero-order valence-corrected chi connectivity index (χ0v) is 16.5. The Hall–Kier alpha value is -3.48. The van der Waals surface area contributed by atoms with Gasteiger partial charge in [-0.1, -0.05) is 48.5 Å². The molecule has 3 rings (SSSR count). The van der Waals surface area contributed by atoms with E-state index in [1.165, 1.54) is 11.8 Å². The van der Waals surface area contributed by atoms with Crippen molar-refractivity contribution < 1.29 is 14.3 Å². The van der Waals surface area contributed by atoms with E-state index in [2.05, 4.69) is 5.10 Å². The summed E-state index contributed by atoms with van der Waals surface area (Å²) in [5.74, 6) is -0.546. The maximum Gasteiger partial charge on any atom is 0.307 e. The van der Waals surface area contributed by atoms with Gasteiger partial charge in [-0.3, -0.25) is 14.4 Å². The van der Waals surface area contributed by atoms with Crippen molar-refractivity contribution in [3.63, 3.8) is 0 Å². The lowest BCUT2D eigenvalue weighted by Gasteiger charge is -2.23. The summed E-state index contributed by atoms with van der Waals surface area (Å²) in [6, 6.07) is 16.7. The zero-order chi connectivity index (χ0) is 20.8. The second-order valence-electron chi connectivity index (χ2n) is 6.72. The highest BCUT2D eigenvalue weighted by Crippen LogP contribution is 2.15. The van der Waals surface area contributed by atoms with E-state index in [1.807, 2.05) is 36.4 Å². The number of methoxy groups -OCH3 is 1. The average molecular weight is 393 g/mol. The van der Waals surface area contributed by atoms with E-state index in [9.17, 15) is 14.4 Å². The molecule has 0 aliphatic heterocycles. The SMILES string of the molecule is COC(=O)CCN(Cc1ccccc1)C(=O)Cc1nn(C)c(=O)c2ccccc12. The van der Waals surface area contributed by atoms with Gasteiger partial charge in [0, 0.05) is 25.5 Å². The number of esters is 1. The molecular weight excluding hydrogens is 370 g/mol. The predicted molar refractivity (Wildman–Crippen MR) is 109 cm³/mol. The summed E-state index contributed by atoms with van der Waals surface area (Å²) in [4.78, 5) is 38.6. The van der Waals surface area contributed by atoms with E-state index in [4.69, 9.17) is 4.74 Å². The monoisotopic (exact) mass is 393 g/mol. The predicted octanol–water partition coefficient (Wildman–Crippen LogP) is 2.07. The number of ether oxygens (including phenoxy) is 1. The third-order valence-electron chi connectivity index (χ3n) is 4.73. The number of nitrogens with zero attached hydrogens (tertiary/aromatic N) is 3. The van der Waals surface area contributed by atoms with Gasteiger partial charge in [0.15, 0.2) is 0 Å². The highest BCUT2D eigenvalue weighted by atomic mass is 16.5. The van der Waals surface area contributed by atoms with Crippen molar-refractivity contribution in [2.45, 2.75) is 19.4 Å². The standard InChI is InChI=1S/C22H23N3O4/c1-24-22(28)18-11-7-6-10-17(18)19(23-24)14-20(26)25(13-12-21(27)29-2)15-16-8-4-3-5-9-16/h3-11H,12-15H2,1-2H3. The molecule has 0 spiro atoms. The number of fused-ring (bicyclic) bond motifs is 1. The van der Waals surface area contributed by atoms with Gasteiger partial charge in [0.1, 0.15) is 0 Å². The fourth-order valence-corrected chi connectivity index (χ4v) is 3.19. The molecule has 0 saturated carbocycles. The fraction of sp³-hybridized carbons (Fsp3) is 0.273. The zero-order valence-electron chi connectivity index (χ0n) is 16.5. The molecule has 3 aromatic rings. The Morgan fingerprint density at radius 2 is 1.69 bits per heavy atom. The summed E-state index contributed by atoms with van der Waals surface area (Å²) >= 11 is 0. The van der Waals surface area contributed by atoms with E-state index in [0.29, 0.717) is 23.0 Å². The smallest absolute Gasteiger partial charge is 0.307 e. The summed E-state index contributed by atoms with van der Waals surface area (Å²) in [6.07, 6.45) is 0.138. The van der Waals surface area contributed by atoms with Crippen molar-refractivity contribution >= 4 is 22.6 Å². The van der Waals surface area contributed by atoms with Crippen LogP contribution in [0.2, 0.25) is 0 Å². The molecule has 7 nitrogen and oxygen atoms in total. The van der Waals surface area contributed by atoms with Crippen LogP contribution in [0.5, 0.6) is 0 Å². The number of aryl methyl sites for hydroxylation is 1. The van der Waals surface area contributed by atoms with Gasteiger partial charge in [0.2, 0.25) is 5.91 Å². The van der Waals surface area contributed by atoms with Crippen molar-refractivity contribution in [1.82, 2.24) is 14.7 Å². The third kappa shape index (κ3) is 4.87. The van der Waals surface area contributed by atoms with Crippen molar-refractivity contribution in [3.05, 3.63) is 76.2 Å². The Morgan fingerprint density at radius 3 is 2.38 bits per heavy atom. The minimum atomic E-state index is -0.374. The quantitative estimate of drug-likeness (QED) is 0.574. The van der Waals surface area contributed by atoms with E-state index >= 15 is 0 Å². The number of hydrogen-bond donors (Lipinski definition) is 0. The van der Waals surface area contributed by atoms with Crippen LogP contribution in [-0.4, -0.2) is 40.2 Å². The highest BCUT2D eigenvalue weighted by molar-refractivity contribution is 5.88. The Kier molecular flexibility index (Phi) is 6.39. The molecule has 0 atom stereocenters. The van der Waals surface area contributed by atoms with Crippen LogP contribution in [0.3, 0.4) is 0 Å². The first-order chi connectivity index (χ1) is 14.0. The summed E-state index contributed by atoms with van der Waals surface area (Å²) in [6.45, 7) is 0.616. The molecule has 0 saturated heterocycles. The number of rotatable bonds is 7. The van der Waals surface area contributed by atoms with Crippen LogP contribution in [0.25, 0.3) is 10.8 Å². The summed E-state index contributed by atoms with van der Waals surface area (Å²) < 4.78 is 5.96. The largest absolute Gasteiger partial charge is 0.469 e. The summed E-state index contributed by atoms with van der Waals surface area (Å²) in [5, 5.41) is 5.50. The van der Waals surface area contributed by atoms with Gasteiger partial charge in [-0.25, -0.2) is 4.68 Å². The molecule has 0 bridgehead atoms. The minimum Gasteiger partial charge on any atom is -0.469 e.